The molecule has 0 heterocycles. The third-order valence-corrected chi connectivity index (χ3v) is 13.4. The number of ether oxygens (including phenoxy) is 1. The van der Waals surface area contributed by atoms with Gasteiger partial charge < -0.3 is 20.3 Å². The van der Waals surface area contributed by atoms with E-state index in [-0.39, 0.29) is 18.5 Å². The molecule has 2 unspecified atom stereocenters. The van der Waals surface area contributed by atoms with Gasteiger partial charge >= 0.3 is 5.97 Å². The number of esters is 1. The van der Waals surface area contributed by atoms with Crippen LogP contribution in [0.2, 0.25) is 0 Å². The maximum atomic E-state index is 12.4. The molecule has 0 aliphatic heterocycles. The molecule has 0 aromatic heterocycles. The second-order valence-electron chi connectivity index (χ2n) is 20.0. The monoisotopic (exact) mass is 940 g/mol. The molecule has 392 valence electrons. The Hall–Kier alpha value is -2.18. The van der Waals surface area contributed by atoms with E-state index < -0.39 is 12.1 Å². The molecule has 0 fully saturated rings. The lowest BCUT2D eigenvalue weighted by Crippen LogP contribution is -2.45. The lowest BCUT2D eigenvalue weighted by atomic mass is 10.0. The van der Waals surface area contributed by atoms with Gasteiger partial charge in [0, 0.05) is 12.8 Å². The first-order chi connectivity index (χ1) is 33.0. The Morgan fingerprint density at radius 3 is 1.18 bits per heavy atom. The average Bonchev–Trinajstić information content (AvgIpc) is 3.33. The lowest BCUT2D eigenvalue weighted by molar-refractivity contribution is -0.143. The van der Waals surface area contributed by atoms with Crippen molar-refractivity contribution in [1.29, 1.82) is 0 Å². The van der Waals surface area contributed by atoms with Crippen molar-refractivity contribution in [2.45, 2.75) is 315 Å². The number of carbonyl (C=O) groups excluding carboxylic acids is 2. The molecule has 67 heavy (non-hydrogen) atoms. The summed E-state index contributed by atoms with van der Waals surface area (Å²) in [6.45, 7) is 4.88. The van der Waals surface area contributed by atoms with Gasteiger partial charge in [0.25, 0.3) is 0 Å². The summed E-state index contributed by atoms with van der Waals surface area (Å²) in [6, 6.07) is -0.542. The van der Waals surface area contributed by atoms with E-state index in [1.54, 1.807) is 0 Å². The fraction of sp³-hybridized carbons (Fsp3) is 0.836. The maximum Gasteiger partial charge on any atom is 0.305 e. The number of aliphatic hydroxyl groups is 2. The second-order valence-corrected chi connectivity index (χ2v) is 20.0. The third-order valence-electron chi connectivity index (χ3n) is 13.4. The molecular formula is C61H113NO5. The molecule has 0 radical (unpaired) electrons. The summed E-state index contributed by atoms with van der Waals surface area (Å²) >= 11 is 0. The summed E-state index contributed by atoms with van der Waals surface area (Å²) in [7, 11) is 0. The van der Waals surface area contributed by atoms with Crippen molar-refractivity contribution in [3.8, 4) is 0 Å². The second kappa shape index (κ2) is 56.4. The minimum absolute atomic E-state index is 0.00466. The van der Waals surface area contributed by atoms with Crippen LogP contribution in [-0.2, 0) is 14.3 Å². The lowest BCUT2D eigenvalue weighted by Gasteiger charge is -2.22. The van der Waals surface area contributed by atoms with Gasteiger partial charge in [-0.25, -0.2) is 0 Å². The van der Waals surface area contributed by atoms with Crippen molar-refractivity contribution < 1.29 is 24.5 Å². The number of aliphatic hydroxyl groups excluding tert-OH is 2. The van der Waals surface area contributed by atoms with Gasteiger partial charge in [-0.2, -0.15) is 0 Å². The molecule has 6 nitrogen and oxygen atoms in total. The number of amides is 1. The Morgan fingerprint density at radius 2 is 0.761 bits per heavy atom. The Morgan fingerprint density at radius 1 is 0.418 bits per heavy atom. The van der Waals surface area contributed by atoms with Gasteiger partial charge in [-0.1, -0.05) is 255 Å². The largest absolute Gasteiger partial charge is 0.466 e. The van der Waals surface area contributed by atoms with E-state index in [4.69, 9.17) is 4.74 Å². The average molecular weight is 941 g/mol. The Kier molecular flexibility index (Phi) is 54.6. The maximum absolute atomic E-state index is 12.4. The standard InChI is InChI=1S/C61H113NO5/c1-3-5-7-9-11-13-14-15-32-35-39-43-47-51-55-61(66)67-56-52-48-44-40-36-33-30-28-26-24-22-20-18-16-17-19-21-23-25-27-29-31-34-38-42-46-50-54-60(65)62-58(57-63)59(64)53-49-45-41-37-12-10-8-6-4-2/h9,11,14-17,20,22,58-59,63-64H,3-8,10,12-13,18-19,21,23-57H2,1-2H3,(H,62,65)/b11-9-,15-14-,17-16-,22-20-. The quantitative estimate of drug-likeness (QED) is 0.0321. The number of hydrogen-bond acceptors (Lipinski definition) is 5. The highest BCUT2D eigenvalue weighted by Gasteiger charge is 2.20. The summed E-state index contributed by atoms with van der Waals surface area (Å²) in [6.07, 6.45) is 71.2. The highest BCUT2D eigenvalue weighted by molar-refractivity contribution is 5.76. The summed E-state index contributed by atoms with van der Waals surface area (Å²) in [4.78, 5) is 24.4. The number of allylic oxidation sites excluding steroid dienone is 8. The van der Waals surface area contributed by atoms with Crippen LogP contribution >= 0.6 is 0 Å². The van der Waals surface area contributed by atoms with Gasteiger partial charge in [0.1, 0.15) is 0 Å². The van der Waals surface area contributed by atoms with Gasteiger partial charge in [-0.3, -0.25) is 9.59 Å². The van der Waals surface area contributed by atoms with E-state index in [9.17, 15) is 19.8 Å². The van der Waals surface area contributed by atoms with Crippen LogP contribution in [-0.4, -0.2) is 47.4 Å². The first-order valence-electron chi connectivity index (χ1n) is 29.4. The fourth-order valence-corrected chi connectivity index (χ4v) is 8.80. The number of rotatable bonds is 54. The van der Waals surface area contributed by atoms with Gasteiger partial charge in [0.2, 0.25) is 5.91 Å². The first kappa shape index (κ1) is 64.8. The number of unbranched alkanes of at least 4 members (excludes halogenated alkanes) is 35. The molecule has 0 aliphatic carbocycles. The van der Waals surface area contributed by atoms with Gasteiger partial charge in [0.05, 0.1) is 25.4 Å². The fourth-order valence-electron chi connectivity index (χ4n) is 8.80. The molecule has 0 aromatic carbocycles. The molecule has 1 amide bonds. The normalized spacial score (nSPS) is 13.0. The molecular weight excluding hydrogens is 827 g/mol. The SMILES string of the molecule is CCCC/C=C\C/C=C\CCCCCCCC(=O)OCCCCCCCCCCC/C=C\C/C=C\CCCCCCCCCCCCCC(=O)NC(CO)C(O)CCCCCCCCCCC. The zero-order valence-corrected chi connectivity index (χ0v) is 44.6. The predicted molar refractivity (Wildman–Crippen MR) is 292 cm³/mol. The van der Waals surface area contributed by atoms with Crippen LogP contribution in [0.3, 0.4) is 0 Å². The molecule has 0 bridgehead atoms. The molecule has 6 heteroatoms. The molecule has 0 aromatic rings. The summed E-state index contributed by atoms with van der Waals surface area (Å²) in [5.74, 6) is -0.0457. The molecule has 0 aliphatic rings. The molecule has 0 saturated heterocycles. The van der Waals surface area contributed by atoms with Crippen molar-refractivity contribution in [2.75, 3.05) is 13.2 Å². The molecule has 3 N–H and O–H groups in total. The van der Waals surface area contributed by atoms with Gasteiger partial charge in [-0.05, 0) is 83.5 Å². The zero-order chi connectivity index (χ0) is 48.6. The summed E-state index contributed by atoms with van der Waals surface area (Å²) in [5, 5.41) is 23.1. The van der Waals surface area contributed by atoms with Crippen LogP contribution in [0, 0.1) is 0 Å². The minimum Gasteiger partial charge on any atom is -0.466 e. The van der Waals surface area contributed by atoms with Crippen molar-refractivity contribution in [3.05, 3.63) is 48.6 Å². The summed E-state index contributed by atoms with van der Waals surface area (Å²) in [5.41, 5.74) is 0. The Bertz CT molecular complexity index is 1130. The number of hydrogen-bond donors (Lipinski definition) is 3. The van der Waals surface area contributed by atoms with E-state index in [1.165, 1.54) is 212 Å². The van der Waals surface area contributed by atoms with Crippen LogP contribution < -0.4 is 5.32 Å². The van der Waals surface area contributed by atoms with Crippen molar-refractivity contribution >= 4 is 11.9 Å². The third kappa shape index (κ3) is 53.0. The number of nitrogens with one attached hydrogen (secondary N) is 1. The van der Waals surface area contributed by atoms with E-state index >= 15 is 0 Å². The van der Waals surface area contributed by atoms with Crippen molar-refractivity contribution in [2.24, 2.45) is 0 Å². The van der Waals surface area contributed by atoms with E-state index in [0.29, 0.717) is 25.9 Å². The predicted octanol–water partition coefficient (Wildman–Crippen LogP) is 18.2. The molecule has 2 atom stereocenters. The topological polar surface area (TPSA) is 95.9 Å². The zero-order valence-electron chi connectivity index (χ0n) is 44.6. The van der Waals surface area contributed by atoms with Crippen LogP contribution in [0.1, 0.15) is 303 Å². The number of carbonyl (C=O) groups is 2. The van der Waals surface area contributed by atoms with Crippen LogP contribution in [0.25, 0.3) is 0 Å². The molecule has 0 spiro atoms. The molecule has 0 rings (SSSR count). The highest BCUT2D eigenvalue weighted by atomic mass is 16.5. The van der Waals surface area contributed by atoms with Gasteiger partial charge in [0.15, 0.2) is 0 Å². The van der Waals surface area contributed by atoms with Crippen LogP contribution in [0.4, 0.5) is 0 Å². The Labute approximate surface area is 416 Å². The smallest absolute Gasteiger partial charge is 0.305 e. The van der Waals surface area contributed by atoms with E-state index in [0.717, 1.165) is 57.8 Å². The van der Waals surface area contributed by atoms with Crippen LogP contribution in [0.5, 0.6) is 0 Å². The van der Waals surface area contributed by atoms with Gasteiger partial charge in [-0.15, -0.1) is 0 Å². The van der Waals surface area contributed by atoms with Crippen LogP contribution in [0.15, 0.2) is 48.6 Å². The minimum atomic E-state index is -0.664. The Balaban J connectivity index is 3.41. The van der Waals surface area contributed by atoms with E-state index in [1.807, 2.05) is 0 Å². The first-order valence-corrected chi connectivity index (χ1v) is 29.4. The highest BCUT2D eigenvalue weighted by Crippen LogP contribution is 2.16. The van der Waals surface area contributed by atoms with E-state index in [2.05, 4.69) is 67.8 Å². The molecule has 0 saturated carbocycles. The van der Waals surface area contributed by atoms with Crippen molar-refractivity contribution in [1.82, 2.24) is 5.32 Å². The van der Waals surface area contributed by atoms with Crippen molar-refractivity contribution in [3.63, 3.8) is 0 Å². The summed E-state index contributed by atoms with van der Waals surface area (Å²) < 4.78 is 5.46.